The molecule has 0 saturated heterocycles. The lowest BCUT2D eigenvalue weighted by Crippen LogP contribution is -2.29. The molecule has 3 saturated carbocycles. The van der Waals surface area contributed by atoms with Crippen molar-refractivity contribution >= 4 is 5.83 Å². The minimum absolute atomic E-state index is 0.0703. The van der Waals surface area contributed by atoms with E-state index in [9.17, 15) is 26.3 Å². The fourth-order valence-corrected chi connectivity index (χ4v) is 8.08. The van der Waals surface area contributed by atoms with Crippen LogP contribution in [-0.4, -0.2) is 0 Å². The van der Waals surface area contributed by atoms with E-state index in [0.717, 1.165) is 75.6 Å². The fraction of sp³-hybridized carbons (Fsp3) is 0.543. The van der Waals surface area contributed by atoms with E-state index in [-0.39, 0.29) is 17.4 Å². The molecule has 3 aliphatic rings. The quantitative estimate of drug-likeness (QED) is 0.183. The van der Waals surface area contributed by atoms with Crippen LogP contribution in [0.1, 0.15) is 112 Å². The lowest BCUT2D eigenvalue weighted by atomic mass is 9.64. The molecular formula is C35H40F6. The zero-order valence-electron chi connectivity index (χ0n) is 23.8. The maximum absolute atomic E-state index is 14.9. The third kappa shape index (κ3) is 6.78. The van der Waals surface area contributed by atoms with E-state index in [2.05, 4.69) is 0 Å². The van der Waals surface area contributed by atoms with Gasteiger partial charge in [-0.1, -0.05) is 18.2 Å². The van der Waals surface area contributed by atoms with Gasteiger partial charge in [-0.15, -0.1) is 0 Å². The van der Waals surface area contributed by atoms with Gasteiger partial charge in [-0.05, 0) is 155 Å². The third-order valence-electron chi connectivity index (χ3n) is 10.4. The van der Waals surface area contributed by atoms with Crippen molar-refractivity contribution in [3.8, 4) is 0 Å². The minimum Gasteiger partial charge on any atom is -0.207 e. The van der Waals surface area contributed by atoms with E-state index in [1.165, 1.54) is 37.8 Å². The van der Waals surface area contributed by atoms with E-state index in [1.54, 1.807) is 13.0 Å². The summed E-state index contributed by atoms with van der Waals surface area (Å²) < 4.78 is 83.7. The Morgan fingerprint density at radius 2 is 1.07 bits per heavy atom. The number of hydrogen-bond acceptors (Lipinski definition) is 0. The Morgan fingerprint density at radius 1 is 0.610 bits per heavy atom. The van der Waals surface area contributed by atoms with E-state index in [0.29, 0.717) is 34.8 Å². The molecule has 0 spiro atoms. The van der Waals surface area contributed by atoms with Crippen LogP contribution in [0, 0.1) is 46.9 Å². The van der Waals surface area contributed by atoms with Crippen molar-refractivity contribution in [3.63, 3.8) is 0 Å². The summed E-state index contributed by atoms with van der Waals surface area (Å²) in [5, 5.41) is 0. The lowest BCUT2D eigenvalue weighted by molar-refractivity contribution is 0.116. The molecule has 0 amide bonds. The molecule has 0 radical (unpaired) electrons. The molecule has 0 atom stereocenters. The topological polar surface area (TPSA) is 0 Å². The minimum atomic E-state index is -1.39. The van der Waals surface area contributed by atoms with Gasteiger partial charge in [0.15, 0.2) is 29.1 Å². The molecule has 0 unspecified atom stereocenters. The normalized spacial score (nSPS) is 29.9. The molecule has 0 N–H and O–H groups in total. The zero-order valence-corrected chi connectivity index (χ0v) is 23.8. The molecule has 2 aromatic carbocycles. The van der Waals surface area contributed by atoms with Crippen molar-refractivity contribution in [1.29, 1.82) is 0 Å². The van der Waals surface area contributed by atoms with E-state index in [4.69, 9.17) is 0 Å². The first-order valence-electron chi connectivity index (χ1n) is 15.4. The molecule has 3 fully saturated rings. The van der Waals surface area contributed by atoms with Crippen LogP contribution in [0.4, 0.5) is 26.3 Å². The summed E-state index contributed by atoms with van der Waals surface area (Å²) in [6.45, 7) is 1.60. The molecule has 0 aromatic heterocycles. The van der Waals surface area contributed by atoms with Crippen molar-refractivity contribution < 1.29 is 26.3 Å². The first-order valence-corrected chi connectivity index (χ1v) is 15.4. The second kappa shape index (κ2) is 13.2. The summed E-state index contributed by atoms with van der Waals surface area (Å²) in [5.74, 6) is -3.17. The van der Waals surface area contributed by atoms with Crippen molar-refractivity contribution in [2.45, 2.75) is 95.8 Å². The second-order valence-electron chi connectivity index (χ2n) is 12.6. The van der Waals surface area contributed by atoms with Gasteiger partial charge in [0, 0.05) is 5.56 Å². The van der Waals surface area contributed by atoms with Gasteiger partial charge in [-0.2, -0.15) is 0 Å². The van der Waals surface area contributed by atoms with Crippen LogP contribution < -0.4 is 0 Å². The first-order chi connectivity index (χ1) is 19.7. The largest absolute Gasteiger partial charge is 0.207 e. The van der Waals surface area contributed by atoms with Crippen molar-refractivity contribution in [3.05, 3.63) is 88.3 Å². The maximum atomic E-state index is 14.9. The van der Waals surface area contributed by atoms with Gasteiger partial charge in [-0.3, -0.25) is 0 Å². The predicted molar refractivity (Wildman–Crippen MR) is 152 cm³/mol. The summed E-state index contributed by atoms with van der Waals surface area (Å²) in [4.78, 5) is 0. The zero-order chi connectivity index (χ0) is 29.1. The molecule has 2 aromatic rings. The number of rotatable bonds is 6. The predicted octanol–water partition coefficient (Wildman–Crippen LogP) is 11.5. The van der Waals surface area contributed by atoms with Gasteiger partial charge in [-0.25, -0.2) is 26.3 Å². The molecular weight excluding hydrogens is 534 g/mol. The molecule has 0 aliphatic heterocycles. The Bertz CT molecular complexity index is 1230. The van der Waals surface area contributed by atoms with Gasteiger partial charge in [0.1, 0.15) is 5.82 Å². The highest BCUT2D eigenvalue weighted by Gasteiger charge is 2.35. The van der Waals surface area contributed by atoms with Gasteiger partial charge in [0.05, 0.1) is 0 Å². The summed E-state index contributed by atoms with van der Waals surface area (Å²) in [6, 6.07) is 6.55. The SMILES string of the molecule is CC=CC(F)=C(F)c1ccc(C2CCC(C3CCC(C4CCC(c5cc(F)c(F)c(F)c5)CC4)CC3)CC2)c(F)c1. The number of allylic oxidation sites excluding steroid dienone is 3. The lowest BCUT2D eigenvalue weighted by Gasteiger charge is -2.41. The Labute approximate surface area is 239 Å². The third-order valence-corrected chi connectivity index (χ3v) is 10.4. The molecule has 222 valence electrons. The standard InChI is InChI=1S/C35H40F6/c1-2-3-30(36)34(40)27-16-17-29(31(37)18-27)26-14-12-24(13-15-26)22-6-4-21(5-7-22)23-8-10-25(11-9-23)28-19-32(38)35(41)33(39)20-28/h2-3,16-26H,4-15H2,1H3. The maximum Gasteiger partial charge on any atom is 0.194 e. The monoisotopic (exact) mass is 574 g/mol. The van der Waals surface area contributed by atoms with Gasteiger partial charge in [0.2, 0.25) is 0 Å². The van der Waals surface area contributed by atoms with E-state index in [1.807, 2.05) is 0 Å². The van der Waals surface area contributed by atoms with Gasteiger partial charge in [0.25, 0.3) is 0 Å². The number of benzene rings is 2. The van der Waals surface area contributed by atoms with Crippen LogP contribution >= 0.6 is 0 Å². The molecule has 0 heterocycles. The Hall–Kier alpha value is -2.50. The van der Waals surface area contributed by atoms with Crippen molar-refractivity contribution in [2.75, 3.05) is 0 Å². The first kappa shape index (κ1) is 30.0. The van der Waals surface area contributed by atoms with E-state index < -0.39 is 34.9 Å². The van der Waals surface area contributed by atoms with Gasteiger partial charge >= 0.3 is 0 Å². The van der Waals surface area contributed by atoms with Crippen LogP contribution in [0.25, 0.3) is 5.83 Å². The molecule has 6 heteroatoms. The summed E-state index contributed by atoms with van der Waals surface area (Å²) in [5.41, 5.74) is 1.12. The Balaban J connectivity index is 1.08. The molecule has 41 heavy (non-hydrogen) atoms. The molecule has 0 nitrogen and oxygen atoms in total. The number of halogens is 6. The van der Waals surface area contributed by atoms with Crippen LogP contribution in [0.5, 0.6) is 0 Å². The highest BCUT2D eigenvalue weighted by atomic mass is 19.2. The molecule has 5 rings (SSSR count). The summed E-state index contributed by atoms with van der Waals surface area (Å²) >= 11 is 0. The summed E-state index contributed by atoms with van der Waals surface area (Å²) in [6.07, 6.45) is 15.2. The average Bonchev–Trinajstić information content (AvgIpc) is 2.99. The Kier molecular flexibility index (Phi) is 9.66. The van der Waals surface area contributed by atoms with Crippen LogP contribution in [0.3, 0.4) is 0 Å². The summed E-state index contributed by atoms with van der Waals surface area (Å²) in [7, 11) is 0. The second-order valence-corrected chi connectivity index (χ2v) is 12.6. The van der Waals surface area contributed by atoms with E-state index >= 15 is 0 Å². The van der Waals surface area contributed by atoms with Crippen LogP contribution in [0.15, 0.2) is 48.3 Å². The van der Waals surface area contributed by atoms with Crippen LogP contribution in [0.2, 0.25) is 0 Å². The van der Waals surface area contributed by atoms with Crippen LogP contribution in [-0.2, 0) is 0 Å². The van der Waals surface area contributed by atoms with Gasteiger partial charge < -0.3 is 0 Å². The molecule has 3 aliphatic carbocycles. The van der Waals surface area contributed by atoms with Crippen molar-refractivity contribution in [1.82, 2.24) is 0 Å². The smallest absolute Gasteiger partial charge is 0.194 e. The fourth-order valence-electron chi connectivity index (χ4n) is 8.08. The highest BCUT2D eigenvalue weighted by molar-refractivity contribution is 5.63. The highest BCUT2D eigenvalue weighted by Crippen LogP contribution is 2.48. The average molecular weight is 575 g/mol. The number of hydrogen-bond donors (Lipinski definition) is 0. The Morgan fingerprint density at radius 3 is 1.54 bits per heavy atom. The van der Waals surface area contributed by atoms with Crippen molar-refractivity contribution in [2.24, 2.45) is 23.7 Å². The molecule has 0 bridgehead atoms.